The average molecular weight is 315 g/mol. The molecular weight excluding hydrogens is 300 g/mol. The monoisotopic (exact) mass is 314 g/mol. The molecule has 1 amide bonds. The highest BCUT2D eigenvalue weighted by atomic mass is 79.9. The van der Waals surface area contributed by atoms with Gasteiger partial charge >= 0.3 is 0 Å². The Bertz CT molecular complexity index is 446. The second-order valence-electron chi connectivity index (χ2n) is 4.20. The van der Waals surface area contributed by atoms with Gasteiger partial charge in [0.2, 0.25) is 5.91 Å². The summed E-state index contributed by atoms with van der Waals surface area (Å²) in [7, 11) is 0. The van der Waals surface area contributed by atoms with E-state index in [1.54, 1.807) is 12.1 Å². The predicted octanol–water partition coefficient (Wildman–Crippen LogP) is 3.07. The molecule has 0 saturated heterocycles. The van der Waals surface area contributed by atoms with E-state index in [-0.39, 0.29) is 10.9 Å². The van der Waals surface area contributed by atoms with Crippen molar-refractivity contribution in [1.82, 2.24) is 0 Å². The molecule has 0 radical (unpaired) electrons. The van der Waals surface area contributed by atoms with E-state index >= 15 is 0 Å². The van der Waals surface area contributed by atoms with Crippen molar-refractivity contribution >= 4 is 44.7 Å². The van der Waals surface area contributed by atoms with Gasteiger partial charge in [0, 0.05) is 16.5 Å². The molecule has 0 aliphatic heterocycles. The zero-order valence-electron chi connectivity index (χ0n) is 9.79. The minimum absolute atomic E-state index is 0.0319. The fourth-order valence-electron chi connectivity index (χ4n) is 1.41. The van der Waals surface area contributed by atoms with Crippen LogP contribution in [0.15, 0.2) is 22.7 Å². The number of rotatable bonds is 4. The van der Waals surface area contributed by atoms with Crippen LogP contribution in [0.3, 0.4) is 0 Å². The Morgan fingerprint density at radius 2 is 2.18 bits per heavy atom. The molecule has 0 heterocycles. The number of thiocarbonyl (C=S) groups is 1. The Kier molecular flexibility index (Phi) is 5.08. The van der Waals surface area contributed by atoms with E-state index in [0.29, 0.717) is 23.6 Å². The highest BCUT2D eigenvalue weighted by Gasteiger charge is 2.10. The maximum absolute atomic E-state index is 11.7. The topological polar surface area (TPSA) is 55.1 Å². The van der Waals surface area contributed by atoms with Crippen LogP contribution in [0.1, 0.15) is 25.8 Å². The summed E-state index contributed by atoms with van der Waals surface area (Å²) < 4.78 is 0.873. The molecule has 3 N–H and O–H groups in total. The number of hydrogen-bond donors (Lipinski definition) is 2. The van der Waals surface area contributed by atoms with Gasteiger partial charge in [-0.1, -0.05) is 42.0 Å². The molecule has 0 aliphatic rings. The second-order valence-corrected chi connectivity index (χ2v) is 5.56. The molecule has 1 aromatic rings. The van der Waals surface area contributed by atoms with Crippen LogP contribution in [-0.4, -0.2) is 10.9 Å². The summed E-state index contributed by atoms with van der Waals surface area (Å²) in [4.78, 5) is 12.0. The van der Waals surface area contributed by atoms with Crippen LogP contribution in [0.5, 0.6) is 0 Å². The fourth-order valence-corrected chi connectivity index (χ4v) is 1.95. The smallest absolute Gasteiger partial charge is 0.224 e. The number of benzene rings is 1. The molecular formula is C12H15BrN2OS. The number of halogens is 1. The number of hydrogen-bond acceptors (Lipinski definition) is 2. The SMILES string of the molecule is CC(C)CC(=O)Nc1cc(Br)ccc1C(N)=S. The van der Waals surface area contributed by atoms with Crippen LogP contribution in [-0.2, 0) is 4.79 Å². The van der Waals surface area contributed by atoms with Gasteiger partial charge < -0.3 is 11.1 Å². The van der Waals surface area contributed by atoms with Gasteiger partial charge in [-0.2, -0.15) is 0 Å². The molecule has 5 heteroatoms. The third kappa shape index (κ3) is 4.44. The average Bonchev–Trinajstić information content (AvgIpc) is 2.15. The summed E-state index contributed by atoms with van der Waals surface area (Å²) in [6, 6.07) is 5.43. The summed E-state index contributed by atoms with van der Waals surface area (Å²) in [6.45, 7) is 3.99. The Morgan fingerprint density at radius 3 is 2.71 bits per heavy atom. The summed E-state index contributed by atoms with van der Waals surface area (Å²) >= 11 is 8.30. The predicted molar refractivity (Wildman–Crippen MR) is 78.1 cm³/mol. The fraction of sp³-hybridized carbons (Fsp3) is 0.333. The molecule has 1 rings (SSSR count). The van der Waals surface area contributed by atoms with Crippen molar-refractivity contribution in [1.29, 1.82) is 0 Å². The van der Waals surface area contributed by atoms with E-state index in [4.69, 9.17) is 18.0 Å². The minimum Gasteiger partial charge on any atom is -0.389 e. The molecule has 92 valence electrons. The van der Waals surface area contributed by atoms with Crippen LogP contribution in [0.25, 0.3) is 0 Å². The summed E-state index contributed by atoms with van der Waals surface area (Å²) in [5.74, 6) is 0.283. The lowest BCUT2D eigenvalue weighted by Gasteiger charge is -2.11. The van der Waals surface area contributed by atoms with Gasteiger partial charge in [0.15, 0.2) is 0 Å². The minimum atomic E-state index is -0.0319. The molecule has 0 saturated carbocycles. The van der Waals surface area contributed by atoms with E-state index < -0.39 is 0 Å². The lowest BCUT2D eigenvalue weighted by atomic mass is 10.1. The molecule has 17 heavy (non-hydrogen) atoms. The van der Waals surface area contributed by atoms with Crippen molar-refractivity contribution in [2.45, 2.75) is 20.3 Å². The molecule has 1 aromatic carbocycles. The van der Waals surface area contributed by atoms with Crippen molar-refractivity contribution < 1.29 is 4.79 Å². The van der Waals surface area contributed by atoms with Crippen LogP contribution >= 0.6 is 28.1 Å². The lowest BCUT2D eigenvalue weighted by molar-refractivity contribution is -0.116. The van der Waals surface area contributed by atoms with Crippen molar-refractivity contribution in [3.05, 3.63) is 28.2 Å². The normalized spacial score (nSPS) is 10.4. The van der Waals surface area contributed by atoms with Gasteiger partial charge in [0.1, 0.15) is 4.99 Å². The van der Waals surface area contributed by atoms with Crippen molar-refractivity contribution in [2.24, 2.45) is 11.7 Å². The lowest BCUT2D eigenvalue weighted by Crippen LogP contribution is -2.18. The van der Waals surface area contributed by atoms with Crippen molar-refractivity contribution in [2.75, 3.05) is 5.32 Å². The first kappa shape index (κ1) is 14.1. The summed E-state index contributed by atoms with van der Waals surface area (Å²) in [5.41, 5.74) is 6.94. The third-order valence-electron chi connectivity index (χ3n) is 2.11. The van der Waals surface area contributed by atoms with E-state index in [1.807, 2.05) is 19.9 Å². The molecule has 0 unspecified atom stereocenters. The van der Waals surface area contributed by atoms with Gasteiger partial charge in [0.25, 0.3) is 0 Å². The standard InChI is InChI=1S/C12H15BrN2OS/c1-7(2)5-11(16)15-10-6-8(13)3-4-9(10)12(14)17/h3-4,6-7H,5H2,1-2H3,(H2,14,17)(H,15,16). The number of nitrogens with two attached hydrogens (primary N) is 1. The van der Waals surface area contributed by atoms with Crippen LogP contribution in [0.2, 0.25) is 0 Å². The Morgan fingerprint density at radius 1 is 1.53 bits per heavy atom. The molecule has 0 aliphatic carbocycles. The first-order valence-electron chi connectivity index (χ1n) is 5.29. The maximum atomic E-state index is 11.7. The number of nitrogens with one attached hydrogen (secondary N) is 1. The van der Waals surface area contributed by atoms with Crippen LogP contribution in [0.4, 0.5) is 5.69 Å². The van der Waals surface area contributed by atoms with Gasteiger partial charge in [0.05, 0.1) is 5.69 Å². The Balaban J connectivity index is 2.92. The first-order chi connectivity index (χ1) is 7.90. The number of anilines is 1. The maximum Gasteiger partial charge on any atom is 0.224 e. The van der Waals surface area contributed by atoms with E-state index in [9.17, 15) is 4.79 Å². The summed E-state index contributed by atoms with van der Waals surface area (Å²) in [5, 5.41) is 2.83. The first-order valence-corrected chi connectivity index (χ1v) is 6.49. The Hall–Kier alpha value is -0.940. The van der Waals surface area contributed by atoms with Crippen molar-refractivity contribution in [3.8, 4) is 0 Å². The van der Waals surface area contributed by atoms with Gasteiger partial charge in [-0.3, -0.25) is 4.79 Å². The van der Waals surface area contributed by atoms with Crippen molar-refractivity contribution in [3.63, 3.8) is 0 Å². The van der Waals surface area contributed by atoms with Gasteiger partial charge in [-0.25, -0.2) is 0 Å². The molecule has 0 atom stereocenters. The zero-order chi connectivity index (χ0) is 13.0. The number of carbonyl (C=O) groups is 1. The zero-order valence-corrected chi connectivity index (χ0v) is 12.2. The molecule has 0 bridgehead atoms. The number of amides is 1. The van der Waals surface area contributed by atoms with E-state index in [0.717, 1.165) is 4.47 Å². The second kappa shape index (κ2) is 6.12. The molecule has 0 spiro atoms. The van der Waals surface area contributed by atoms with E-state index in [2.05, 4.69) is 21.2 Å². The highest BCUT2D eigenvalue weighted by Crippen LogP contribution is 2.22. The van der Waals surface area contributed by atoms with E-state index in [1.165, 1.54) is 0 Å². The summed E-state index contributed by atoms with van der Waals surface area (Å²) in [6.07, 6.45) is 0.475. The number of carbonyl (C=O) groups excluding carboxylic acids is 1. The molecule has 0 aromatic heterocycles. The van der Waals surface area contributed by atoms with Crippen LogP contribution in [0, 0.1) is 5.92 Å². The third-order valence-corrected chi connectivity index (χ3v) is 2.83. The highest BCUT2D eigenvalue weighted by molar-refractivity contribution is 9.10. The quantitative estimate of drug-likeness (QED) is 0.840. The Labute approximate surface area is 115 Å². The van der Waals surface area contributed by atoms with Crippen LogP contribution < -0.4 is 11.1 Å². The molecule has 0 fully saturated rings. The molecule has 3 nitrogen and oxygen atoms in total. The largest absolute Gasteiger partial charge is 0.389 e. The van der Waals surface area contributed by atoms with Gasteiger partial charge in [-0.05, 0) is 24.1 Å². The van der Waals surface area contributed by atoms with Gasteiger partial charge in [-0.15, -0.1) is 0 Å².